The van der Waals surface area contributed by atoms with Crippen LogP contribution in [0.3, 0.4) is 0 Å². The Balaban J connectivity index is 2.08. The second kappa shape index (κ2) is 4.85. The molecule has 84 valence electrons. The number of hydrogen-bond acceptors (Lipinski definition) is 3. The van der Waals surface area contributed by atoms with Crippen LogP contribution >= 0.6 is 22.9 Å². The fraction of sp³-hybridized carbons (Fsp3) is 0.250. The number of thiazole rings is 1. The van der Waals surface area contributed by atoms with Gasteiger partial charge in [-0.25, -0.2) is 4.98 Å². The van der Waals surface area contributed by atoms with E-state index in [1.165, 1.54) is 4.88 Å². The topological polar surface area (TPSA) is 24.9 Å². The van der Waals surface area contributed by atoms with E-state index in [-0.39, 0.29) is 0 Å². The highest BCUT2D eigenvalue weighted by Crippen LogP contribution is 2.21. The maximum absolute atomic E-state index is 5.91. The second-order valence-electron chi connectivity index (χ2n) is 3.67. The maximum Gasteiger partial charge on any atom is 0.0798 e. The van der Waals surface area contributed by atoms with Gasteiger partial charge in [-0.2, -0.15) is 0 Å². The molecule has 1 heterocycles. The van der Waals surface area contributed by atoms with E-state index in [2.05, 4.69) is 10.3 Å². The molecule has 0 unspecified atom stereocenters. The molecule has 0 radical (unpaired) electrons. The molecule has 1 aromatic heterocycles. The molecule has 2 rings (SSSR count). The van der Waals surface area contributed by atoms with Gasteiger partial charge in [-0.3, -0.25) is 0 Å². The van der Waals surface area contributed by atoms with Crippen LogP contribution in [-0.4, -0.2) is 4.98 Å². The smallest absolute Gasteiger partial charge is 0.0798 e. The third-order valence-electron chi connectivity index (χ3n) is 2.47. The van der Waals surface area contributed by atoms with Crippen molar-refractivity contribution in [2.45, 2.75) is 20.4 Å². The first kappa shape index (κ1) is 11.4. The number of anilines is 1. The molecule has 0 saturated heterocycles. The predicted molar refractivity (Wildman–Crippen MR) is 70.4 cm³/mol. The van der Waals surface area contributed by atoms with Crippen molar-refractivity contribution < 1.29 is 0 Å². The Bertz CT molecular complexity index is 494. The molecule has 1 N–H and O–H groups in total. The quantitative estimate of drug-likeness (QED) is 0.892. The third kappa shape index (κ3) is 2.54. The summed E-state index contributed by atoms with van der Waals surface area (Å²) >= 11 is 7.58. The van der Waals surface area contributed by atoms with Crippen LogP contribution in [0.1, 0.15) is 16.1 Å². The lowest BCUT2D eigenvalue weighted by Gasteiger charge is -2.08. The molecule has 0 aliphatic heterocycles. The fourth-order valence-electron chi connectivity index (χ4n) is 1.50. The Kier molecular flexibility index (Phi) is 3.46. The largest absolute Gasteiger partial charge is 0.380 e. The minimum Gasteiger partial charge on any atom is -0.380 e. The number of halogens is 1. The number of aromatic nitrogens is 1. The lowest BCUT2D eigenvalue weighted by Crippen LogP contribution is -2.00. The first-order chi connectivity index (χ1) is 7.66. The highest BCUT2D eigenvalue weighted by Gasteiger charge is 2.02. The van der Waals surface area contributed by atoms with Crippen LogP contribution in [0, 0.1) is 13.8 Å². The average molecular weight is 253 g/mol. The summed E-state index contributed by atoms with van der Waals surface area (Å²) in [7, 11) is 0. The number of benzene rings is 1. The van der Waals surface area contributed by atoms with Crippen molar-refractivity contribution in [3.63, 3.8) is 0 Å². The van der Waals surface area contributed by atoms with E-state index in [4.69, 9.17) is 11.6 Å². The molecule has 0 amide bonds. The molecule has 0 spiro atoms. The molecular weight excluding hydrogens is 240 g/mol. The van der Waals surface area contributed by atoms with E-state index in [1.54, 1.807) is 11.3 Å². The van der Waals surface area contributed by atoms with E-state index >= 15 is 0 Å². The summed E-state index contributed by atoms with van der Waals surface area (Å²) in [5.74, 6) is 0. The highest BCUT2D eigenvalue weighted by molar-refractivity contribution is 7.09. The molecule has 0 bridgehead atoms. The van der Waals surface area contributed by atoms with E-state index in [0.717, 1.165) is 28.5 Å². The average Bonchev–Trinajstić information content (AvgIpc) is 2.63. The third-order valence-corrected chi connectivity index (χ3v) is 3.64. The van der Waals surface area contributed by atoms with Crippen LogP contribution in [0.25, 0.3) is 0 Å². The van der Waals surface area contributed by atoms with Gasteiger partial charge < -0.3 is 5.32 Å². The molecular formula is C12H13ClN2S. The molecule has 16 heavy (non-hydrogen) atoms. The Morgan fingerprint density at radius 2 is 2.19 bits per heavy atom. The molecule has 0 aliphatic rings. The normalized spacial score (nSPS) is 10.4. The molecule has 1 aromatic carbocycles. The van der Waals surface area contributed by atoms with E-state index < -0.39 is 0 Å². The van der Waals surface area contributed by atoms with Gasteiger partial charge in [-0.15, -0.1) is 11.3 Å². The monoisotopic (exact) mass is 252 g/mol. The molecule has 0 fully saturated rings. The van der Waals surface area contributed by atoms with Crippen molar-refractivity contribution in [1.29, 1.82) is 0 Å². The van der Waals surface area contributed by atoms with Gasteiger partial charge in [0.15, 0.2) is 0 Å². The van der Waals surface area contributed by atoms with Crippen LogP contribution in [0.4, 0.5) is 5.69 Å². The number of nitrogens with zero attached hydrogens (tertiary/aromatic N) is 1. The van der Waals surface area contributed by atoms with Crippen LogP contribution in [0.2, 0.25) is 5.02 Å². The van der Waals surface area contributed by atoms with Crippen molar-refractivity contribution in [2.75, 3.05) is 5.32 Å². The first-order valence-corrected chi connectivity index (χ1v) is 6.31. The summed E-state index contributed by atoms with van der Waals surface area (Å²) in [5, 5.41) is 4.17. The van der Waals surface area contributed by atoms with Crippen LogP contribution in [0.5, 0.6) is 0 Å². The van der Waals surface area contributed by atoms with E-state index in [1.807, 2.05) is 37.6 Å². The first-order valence-electron chi connectivity index (χ1n) is 5.06. The molecule has 4 heteroatoms. The summed E-state index contributed by atoms with van der Waals surface area (Å²) in [6.07, 6.45) is 0. The van der Waals surface area contributed by atoms with Gasteiger partial charge >= 0.3 is 0 Å². The minimum absolute atomic E-state index is 0.775. The Hall–Kier alpha value is -1.06. The van der Waals surface area contributed by atoms with Crippen molar-refractivity contribution in [3.05, 3.63) is 44.9 Å². The van der Waals surface area contributed by atoms with E-state index in [0.29, 0.717) is 0 Å². The molecule has 0 aliphatic carbocycles. The van der Waals surface area contributed by atoms with Gasteiger partial charge in [0, 0.05) is 15.6 Å². The number of aryl methyl sites for hydroxylation is 2. The van der Waals surface area contributed by atoms with Crippen molar-refractivity contribution in [1.82, 2.24) is 4.98 Å². The zero-order valence-corrected chi connectivity index (χ0v) is 10.8. The van der Waals surface area contributed by atoms with Gasteiger partial charge in [0.1, 0.15) is 0 Å². The number of hydrogen-bond donors (Lipinski definition) is 1. The lowest BCUT2D eigenvalue weighted by atomic mass is 10.2. The summed E-state index contributed by atoms with van der Waals surface area (Å²) in [5.41, 5.74) is 5.26. The molecule has 0 saturated carbocycles. The van der Waals surface area contributed by atoms with Gasteiger partial charge in [0.05, 0.1) is 17.7 Å². The SMILES string of the molecule is Cc1cc(Cl)ccc1NCc1scnc1C. The Morgan fingerprint density at radius 3 is 2.81 bits per heavy atom. The molecule has 2 aromatic rings. The standard InChI is InChI=1S/C12H13ClN2S/c1-8-5-10(13)3-4-11(8)14-6-12-9(2)15-7-16-12/h3-5,7,14H,6H2,1-2H3. The maximum atomic E-state index is 5.91. The minimum atomic E-state index is 0.775. The van der Waals surface area contributed by atoms with Crippen molar-refractivity contribution >= 4 is 28.6 Å². The molecule has 2 nitrogen and oxygen atoms in total. The Labute approximate surface area is 104 Å². The Morgan fingerprint density at radius 1 is 1.38 bits per heavy atom. The van der Waals surface area contributed by atoms with Gasteiger partial charge in [0.2, 0.25) is 0 Å². The van der Waals surface area contributed by atoms with Crippen molar-refractivity contribution in [2.24, 2.45) is 0 Å². The zero-order valence-electron chi connectivity index (χ0n) is 9.25. The van der Waals surface area contributed by atoms with Gasteiger partial charge in [0.25, 0.3) is 0 Å². The summed E-state index contributed by atoms with van der Waals surface area (Å²) in [6, 6.07) is 5.87. The number of rotatable bonds is 3. The van der Waals surface area contributed by atoms with Gasteiger partial charge in [-0.05, 0) is 37.6 Å². The van der Waals surface area contributed by atoms with Crippen molar-refractivity contribution in [3.8, 4) is 0 Å². The summed E-state index contributed by atoms with van der Waals surface area (Å²) in [4.78, 5) is 5.50. The second-order valence-corrected chi connectivity index (χ2v) is 5.05. The van der Waals surface area contributed by atoms with Crippen LogP contribution in [0.15, 0.2) is 23.7 Å². The highest BCUT2D eigenvalue weighted by atomic mass is 35.5. The van der Waals surface area contributed by atoms with Crippen LogP contribution in [-0.2, 0) is 6.54 Å². The zero-order chi connectivity index (χ0) is 11.5. The fourth-order valence-corrected chi connectivity index (χ4v) is 2.44. The lowest BCUT2D eigenvalue weighted by molar-refractivity contribution is 1.12. The van der Waals surface area contributed by atoms with E-state index in [9.17, 15) is 0 Å². The van der Waals surface area contributed by atoms with Crippen LogP contribution < -0.4 is 5.32 Å². The van der Waals surface area contributed by atoms with Gasteiger partial charge in [-0.1, -0.05) is 11.6 Å². The predicted octanol–water partition coefficient (Wildman–Crippen LogP) is 4.03. The molecule has 0 atom stereocenters. The summed E-state index contributed by atoms with van der Waals surface area (Å²) in [6.45, 7) is 4.90. The summed E-state index contributed by atoms with van der Waals surface area (Å²) < 4.78 is 0. The number of nitrogens with one attached hydrogen (secondary N) is 1.